The van der Waals surface area contributed by atoms with Crippen molar-refractivity contribution in [2.45, 2.75) is 58.4 Å². The van der Waals surface area contributed by atoms with Crippen LogP contribution in [0.2, 0.25) is 0 Å². The van der Waals surface area contributed by atoms with Gasteiger partial charge in [0, 0.05) is 23.9 Å². The number of thiophene rings is 1. The Kier molecular flexibility index (Phi) is 6.57. The number of rotatable bonds is 8. The summed E-state index contributed by atoms with van der Waals surface area (Å²) < 4.78 is 0. The highest BCUT2D eigenvalue weighted by Crippen LogP contribution is 2.39. The van der Waals surface area contributed by atoms with Gasteiger partial charge in [-0.1, -0.05) is 44.0 Å². The molecule has 2 amide bonds. The lowest BCUT2D eigenvalue weighted by atomic mass is 9.90. The van der Waals surface area contributed by atoms with Crippen molar-refractivity contribution in [2.75, 3.05) is 19.6 Å². The second-order valence-corrected chi connectivity index (χ2v) is 9.64. The molecule has 0 bridgehead atoms. The summed E-state index contributed by atoms with van der Waals surface area (Å²) in [5.74, 6) is 0.405. The van der Waals surface area contributed by atoms with Gasteiger partial charge in [0.15, 0.2) is 0 Å². The first-order chi connectivity index (χ1) is 14.6. The Morgan fingerprint density at radius 3 is 2.67 bits per heavy atom. The molecule has 1 fully saturated rings. The molecule has 2 aliphatic rings. The van der Waals surface area contributed by atoms with Crippen LogP contribution in [0.3, 0.4) is 0 Å². The molecule has 1 aliphatic carbocycles. The van der Waals surface area contributed by atoms with Crippen molar-refractivity contribution in [3.63, 3.8) is 0 Å². The van der Waals surface area contributed by atoms with Gasteiger partial charge in [-0.2, -0.15) is 0 Å². The summed E-state index contributed by atoms with van der Waals surface area (Å²) in [5.41, 5.74) is 3.64. The Balaban J connectivity index is 1.58. The fraction of sp³-hybridized carbons (Fsp3) is 0.520. The van der Waals surface area contributed by atoms with Gasteiger partial charge in [0.1, 0.15) is 0 Å². The highest BCUT2D eigenvalue weighted by atomic mass is 32.1. The molecule has 1 aromatic carbocycles. The lowest BCUT2D eigenvalue weighted by Gasteiger charge is -2.38. The number of nitrogens with zero attached hydrogens (tertiary/aromatic N) is 2. The van der Waals surface area contributed by atoms with E-state index < -0.39 is 0 Å². The molecule has 2 aromatic rings. The van der Waals surface area contributed by atoms with E-state index in [1.807, 2.05) is 15.9 Å². The van der Waals surface area contributed by atoms with Gasteiger partial charge < -0.3 is 9.80 Å². The fourth-order valence-corrected chi connectivity index (χ4v) is 5.38. The summed E-state index contributed by atoms with van der Waals surface area (Å²) >= 11 is 1.79. The Hall–Kier alpha value is -2.14. The molecule has 30 heavy (non-hydrogen) atoms. The third-order valence-corrected chi connectivity index (χ3v) is 7.36. The van der Waals surface area contributed by atoms with Crippen LogP contribution in [0.25, 0.3) is 0 Å². The van der Waals surface area contributed by atoms with Gasteiger partial charge in [-0.3, -0.25) is 9.59 Å². The smallest absolute Gasteiger partial charge is 0.242 e. The number of amides is 2. The van der Waals surface area contributed by atoms with Crippen LogP contribution >= 0.6 is 11.3 Å². The molecular formula is C25H32N2O2S. The molecule has 160 valence electrons. The Morgan fingerprint density at radius 1 is 1.13 bits per heavy atom. The van der Waals surface area contributed by atoms with Gasteiger partial charge in [-0.15, -0.1) is 11.3 Å². The van der Waals surface area contributed by atoms with E-state index in [0.29, 0.717) is 13.1 Å². The molecule has 0 saturated heterocycles. The summed E-state index contributed by atoms with van der Waals surface area (Å²) in [6, 6.07) is 10.5. The monoisotopic (exact) mass is 424 g/mol. The largest absolute Gasteiger partial charge is 0.333 e. The number of carbonyl (C=O) groups is 2. The van der Waals surface area contributed by atoms with E-state index in [4.69, 9.17) is 0 Å². The van der Waals surface area contributed by atoms with Crippen LogP contribution in [0.4, 0.5) is 0 Å². The first-order valence-electron chi connectivity index (χ1n) is 11.3. The quantitative estimate of drug-likeness (QED) is 0.562. The Labute approximate surface area is 183 Å². The molecule has 1 atom stereocenters. The predicted octanol–water partition coefficient (Wildman–Crippen LogP) is 4.96. The summed E-state index contributed by atoms with van der Waals surface area (Å²) in [6.45, 7) is 5.90. The Morgan fingerprint density at radius 2 is 1.93 bits per heavy atom. The maximum Gasteiger partial charge on any atom is 0.242 e. The summed E-state index contributed by atoms with van der Waals surface area (Å²) in [5, 5.41) is 2.14. The zero-order valence-electron chi connectivity index (χ0n) is 18.1. The lowest BCUT2D eigenvalue weighted by Crippen LogP contribution is -2.47. The molecule has 1 aliphatic heterocycles. The van der Waals surface area contributed by atoms with Crippen LogP contribution in [0.15, 0.2) is 35.7 Å². The van der Waals surface area contributed by atoms with Crippen LogP contribution < -0.4 is 0 Å². The molecule has 1 aromatic heterocycles. The minimum absolute atomic E-state index is 0.0535. The van der Waals surface area contributed by atoms with Crippen molar-refractivity contribution in [2.24, 2.45) is 5.92 Å². The minimum Gasteiger partial charge on any atom is -0.333 e. The van der Waals surface area contributed by atoms with Crippen molar-refractivity contribution in [1.29, 1.82) is 0 Å². The molecule has 0 unspecified atom stereocenters. The van der Waals surface area contributed by atoms with Crippen molar-refractivity contribution in [3.8, 4) is 0 Å². The molecule has 4 nitrogen and oxygen atoms in total. The second kappa shape index (κ2) is 9.34. The average molecular weight is 425 g/mol. The number of hydrogen-bond acceptors (Lipinski definition) is 3. The normalized spacial score (nSPS) is 18.2. The van der Waals surface area contributed by atoms with Crippen molar-refractivity contribution in [3.05, 3.63) is 57.3 Å². The first-order valence-corrected chi connectivity index (χ1v) is 12.2. The number of benzene rings is 1. The first kappa shape index (κ1) is 21.1. The van der Waals surface area contributed by atoms with E-state index in [1.165, 1.54) is 21.6 Å². The fourth-order valence-electron chi connectivity index (χ4n) is 4.48. The zero-order chi connectivity index (χ0) is 21.1. The molecule has 4 rings (SSSR count). The van der Waals surface area contributed by atoms with E-state index in [0.717, 1.165) is 38.5 Å². The number of unbranched alkanes of at least 4 members (excludes halogenated alkanes) is 2. The van der Waals surface area contributed by atoms with Gasteiger partial charge in [0.05, 0.1) is 12.6 Å². The average Bonchev–Trinajstić information content (AvgIpc) is 3.49. The van der Waals surface area contributed by atoms with E-state index >= 15 is 0 Å². The molecule has 0 N–H and O–H groups in total. The standard InChI is InChI=1S/C25H32N2O2S/c1-3-4-7-14-26(25(29)19-10-11-19)17-23(28)27-15-12-22-21(13-16-30-22)24(27)20-9-6-5-8-18(20)2/h5-6,8-9,13,16,19,24H,3-4,7,10-12,14-15,17H2,1-2H3/t24-/m1/s1. The molecule has 0 radical (unpaired) electrons. The van der Waals surface area contributed by atoms with Gasteiger partial charge >= 0.3 is 0 Å². The van der Waals surface area contributed by atoms with E-state index in [9.17, 15) is 9.59 Å². The van der Waals surface area contributed by atoms with Gasteiger partial charge in [0.25, 0.3) is 0 Å². The molecule has 1 saturated carbocycles. The SMILES string of the molecule is CCCCCN(CC(=O)N1CCc2sccc2[C@H]1c1ccccc1C)C(=O)C1CC1. The van der Waals surface area contributed by atoms with Crippen LogP contribution in [-0.4, -0.2) is 41.2 Å². The topological polar surface area (TPSA) is 40.6 Å². The summed E-state index contributed by atoms with van der Waals surface area (Å²) in [6.07, 6.45) is 6.03. The third-order valence-electron chi connectivity index (χ3n) is 6.37. The van der Waals surface area contributed by atoms with E-state index in [-0.39, 0.29) is 30.3 Å². The van der Waals surface area contributed by atoms with Crippen molar-refractivity contribution in [1.82, 2.24) is 9.80 Å². The third kappa shape index (κ3) is 4.46. The Bertz CT molecular complexity index is 902. The van der Waals surface area contributed by atoms with Gasteiger partial charge in [-0.05, 0) is 60.7 Å². The van der Waals surface area contributed by atoms with E-state index in [1.54, 1.807) is 11.3 Å². The highest BCUT2D eigenvalue weighted by molar-refractivity contribution is 7.10. The molecule has 0 spiro atoms. The number of hydrogen-bond donors (Lipinski definition) is 0. The summed E-state index contributed by atoms with van der Waals surface area (Å²) in [4.78, 5) is 31.6. The molecular weight excluding hydrogens is 392 g/mol. The molecule has 5 heteroatoms. The maximum absolute atomic E-state index is 13.6. The predicted molar refractivity (Wildman–Crippen MR) is 122 cm³/mol. The zero-order valence-corrected chi connectivity index (χ0v) is 18.9. The van der Waals surface area contributed by atoms with Gasteiger partial charge in [-0.25, -0.2) is 0 Å². The highest BCUT2D eigenvalue weighted by Gasteiger charge is 2.37. The van der Waals surface area contributed by atoms with Crippen LogP contribution in [0, 0.1) is 12.8 Å². The summed E-state index contributed by atoms with van der Waals surface area (Å²) in [7, 11) is 0. The minimum atomic E-state index is -0.0535. The number of aryl methyl sites for hydroxylation is 1. The van der Waals surface area contributed by atoms with E-state index in [2.05, 4.69) is 43.5 Å². The molecule has 2 heterocycles. The van der Waals surface area contributed by atoms with Crippen LogP contribution in [0.1, 0.15) is 66.6 Å². The van der Waals surface area contributed by atoms with Crippen LogP contribution in [0.5, 0.6) is 0 Å². The number of fused-ring (bicyclic) bond motifs is 1. The number of carbonyl (C=O) groups excluding carboxylic acids is 2. The van der Waals surface area contributed by atoms with Gasteiger partial charge in [0.2, 0.25) is 11.8 Å². The van der Waals surface area contributed by atoms with Crippen molar-refractivity contribution >= 4 is 23.2 Å². The van der Waals surface area contributed by atoms with Crippen LogP contribution in [-0.2, 0) is 16.0 Å². The second-order valence-electron chi connectivity index (χ2n) is 8.64. The maximum atomic E-state index is 13.6. The van der Waals surface area contributed by atoms with Crippen molar-refractivity contribution < 1.29 is 9.59 Å². The lowest BCUT2D eigenvalue weighted by molar-refractivity contribution is -0.142.